The van der Waals surface area contributed by atoms with Gasteiger partial charge in [-0.3, -0.25) is 9.09 Å². The molecule has 0 fully saturated rings. The van der Waals surface area contributed by atoms with Crippen LogP contribution in [0.15, 0.2) is 24.3 Å². The van der Waals surface area contributed by atoms with E-state index in [1.807, 2.05) is 0 Å². The fraction of sp³-hybridized carbons (Fsp3) is 0.400. The van der Waals surface area contributed by atoms with Crippen molar-refractivity contribution >= 4 is 15.4 Å². The van der Waals surface area contributed by atoms with Crippen LogP contribution in [0.1, 0.15) is 11.4 Å². The first-order chi connectivity index (χ1) is 9.25. The first kappa shape index (κ1) is 17.3. The number of phosphoric ester groups is 1. The number of hydrogen-bond acceptors (Lipinski definition) is 6. The summed E-state index contributed by atoms with van der Waals surface area (Å²) in [6, 6.07) is 5.95. The Hall–Kier alpha value is -0.720. The topological polar surface area (TPSA) is 112 Å². The molecule has 0 aliphatic carbocycles. The van der Waals surface area contributed by atoms with E-state index in [4.69, 9.17) is 23.6 Å². The van der Waals surface area contributed by atoms with E-state index in [0.717, 1.165) is 14.2 Å². The SMILES string of the molecule is COc1ccc(C(OP(=O)(O)O)P(=O)(OC)OC)cc1. The zero-order chi connectivity index (χ0) is 15.4. The van der Waals surface area contributed by atoms with Gasteiger partial charge in [0.1, 0.15) is 5.75 Å². The lowest BCUT2D eigenvalue weighted by Gasteiger charge is -2.24. The summed E-state index contributed by atoms with van der Waals surface area (Å²) in [4.78, 5) is 17.9. The number of benzene rings is 1. The van der Waals surface area contributed by atoms with Gasteiger partial charge in [0.2, 0.25) is 0 Å². The van der Waals surface area contributed by atoms with Gasteiger partial charge in [-0.15, -0.1) is 0 Å². The van der Waals surface area contributed by atoms with E-state index in [1.54, 1.807) is 0 Å². The van der Waals surface area contributed by atoms with Gasteiger partial charge in [-0.25, -0.2) is 4.57 Å². The summed E-state index contributed by atoms with van der Waals surface area (Å²) in [5.41, 5.74) is 0.223. The number of methoxy groups -OCH3 is 1. The highest BCUT2D eigenvalue weighted by molar-refractivity contribution is 7.55. The first-order valence-electron chi connectivity index (χ1n) is 5.35. The summed E-state index contributed by atoms with van der Waals surface area (Å²) in [6.45, 7) is 0. The van der Waals surface area contributed by atoms with Crippen LogP contribution in [0.4, 0.5) is 0 Å². The average molecular weight is 326 g/mol. The van der Waals surface area contributed by atoms with Gasteiger partial charge in [-0.05, 0) is 17.7 Å². The molecular weight excluding hydrogens is 310 g/mol. The fourth-order valence-corrected chi connectivity index (χ4v) is 3.75. The molecule has 2 N–H and O–H groups in total. The molecule has 0 heterocycles. The van der Waals surface area contributed by atoms with E-state index in [9.17, 15) is 9.13 Å². The second-order valence-corrected chi connectivity index (χ2v) is 7.10. The van der Waals surface area contributed by atoms with Crippen molar-refractivity contribution in [3.8, 4) is 5.75 Å². The predicted octanol–water partition coefficient (Wildman–Crippen LogP) is 2.29. The van der Waals surface area contributed by atoms with E-state index in [-0.39, 0.29) is 5.56 Å². The molecule has 0 aromatic heterocycles. The maximum atomic E-state index is 12.3. The third kappa shape index (κ3) is 4.40. The van der Waals surface area contributed by atoms with Gasteiger partial charge in [0, 0.05) is 14.2 Å². The van der Waals surface area contributed by atoms with Crippen LogP contribution in [0.2, 0.25) is 0 Å². The number of rotatable bonds is 7. The van der Waals surface area contributed by atoms with Crippen molar-refractivity contribution in [2.24, 2.45) is 0 Å². The lowest BCUT2D eigenvalue weighted by atomic mass is 10.2. The van der Waals surface area contributed by atoms with Crippen LogP contribution in [0.25, 0.3) is 0 Å². The second-order valence-electron chi connectivity index (χ2n) is 3.63. The summed E-state index contributed by atoms with van der Waals surface area (Å²) in [7, 11) is -5.11. The summed E-state index contributed by atoms with van der Waals surface area (Å²) < 4.78 is 42.4. The van der Waals surface area contributed by atoms with E-state index in [0.29, 0.717) is 5.75 Å². The number of ether oxygens (including phenoxy) is 1. The number of phosphoric acid groups is 1. The van der Waals surface area contributed by atoms with Crippen molar-refractivity contribution in [1.29, 1.82) is 0 Å². The quantitative estimate of drug-likeness (QED) is 0.734. The van der Waals surface area contributed by atoms with E-state index < -0.39 is 21.3 Å². The monoisotopic (exact) mass is 326 g/mol. The summed E-state index contributed by atoms with van der Waals surface area (Å²) in [5, 5.41) is 0. The molecule has 0 bridgehead atoms. The molecule has 0 radical (unpaired) electrons. The van der Waals surface area contributed by atoms with E-state index in [2.05, 4.69) is 4.52 Å². The van der Waals surface area contributed by atoms with Gasteiger partial charge in [-0.2, -0.15) is 0 Å². The maximum Gasteiger partial charge on any atom is 0.470 e. The lowest BCUT2D eigenvalue weighted by Crippen LogP contribution is -2.07. The molecule has 1 aromatic carbocycles. The molecule has 8 nitrogen and oxygen atoms in total. The molecule has 0 saturated carbocycles. The first-order valence-corrected chi connectivity index (χ1v) is 8.49. The third-order valence-electron chi connectivity index (χ3n) is 2.43. The van der Waals surface area contributed by atoms with Gasteiger partial charge < -0.3 is 23.6 Å². The fourth-order valence-electron chi connectivity index (χ4n) is 1.47. The van der Waals surface area contributed by atoms with Crippen molar-refractivity contribution in [3.63, 3.8) is 0 Å². The Balaban J connectivity index is 3.22. The van der Waals surface area contributed by atoms with E-state index in [1.165, 1.54) is 31.4 Å². The van der Waals surface area contributed by atoms with Crippen LogP contribution in [0, 0.1) is 0 Å². The number of hydrogen-bond donors (Lipinski definition) is 2. The van der Waals surface area contributed by atoms with Gasteiger partial charge in [0.05, 0.1) is 7.11 Å². The third-order valence-corrected chi connectivity index (χ3v) is 5.08. The van der Waals surface area contributed by atoms with Crippen LogP contribution in [-0.4, -0.2) is 31.1 Å². The highest BCUT2D eigenvalue weighted by Gasteiger charge is 2.41. The molecule has 0 amide bonds. The van der Waals surface area contributed by atoms with Crippen molar-refractivity contribution in [1.82, 2.24) is 0 Å². The smallest absolute Gasteiger partial charge is 0.470 e. The molecule has 0 aliphatic rings. The van der Waals surface area contributed by atoms with Gasteiger partial charge in [0.25, 0.3) is 0 Å². The molecule has 114 valence electrons. The molecule has 10 heteroatoms. The van der Waals surface area contributed by atoms with Crippen LogP contribution in [-0.2, 0) is 22.7 Å². The van der Waals surface area contributed by atoms with E-state index >= 15 is 0 Å². The summed E-state index contributed by atoms with van der Waals surface area (Å²) in [6.07, 6.45) is 0. The van der Waals surface area contributed by atoms with Gasteiger partial charge in [-0.1, -0.05) is 12.1 Å². The van der Waals surface area contributed by atoms with Crippen LogP contribution >= 0.6 is 15.4 Å². The molecular formula is C10H16O8P2. The van der Waals surface area contributed by atoms with Gasteiger partial charge in [0.15, 0.2) is 5.85 Å². The summed E-state index contributed by atoms with van der Waals surface area (Å²) >= 11 is 0. The zero-order valence-corrected chi connectivity index (χ0v) is 12.9. The Kier molecular flexibility index (Phi) is 5.91. The molecule has 0 aliphatic heterocycles. The normalized spacial score (nSPS) is 14.1. The molecule has 1 rings (SSSR count). The minimum absolute atomic E-state index is 0.223. The van der Waals surface area contributed by atoms with Crippen molar-refractivity contribution in [2.45, 2.75) is 5.85 Å². The molecule has 0 saturated heterocycles. The molecule has 20 heavy (non-hydrogen) atoms. The zero-order valence-electron chi connectivity index (χ0n) is 11.1. The van der Waals surface area contributed by atoms with Crippen LogP contribution < -0.4 is 4.74 Å². The minimum Gasteiger partial charge on any atom is -0.497 e. The Morgan fingerprint density at radius 2 is 1.50 bits per heavy atom. The average Bonchev–Trinajstić information content (AvgIpc) is 2.43. The molecule has 1 unspecified atom stereocenters. The van der Waals surface area contributed by atoms with Gasteiger partial charge >= 0.3 is 15.4 Å². The second kappa shape index (κ2) is 6.83. The molecule has 1 atom stereocenters. The largest absolute Gasteiger partial charge is 0.497 e. The predicted molar refractivity (Wildman–Crippen MR) is 70.5 cm³/mol. The highest BCUT2D eigenvalue weighted by Crippen LogP contribution is 2.64. The summed E-state index contributed by atoms with van der Waals surface area (Å²) in [5.74, 6) is -1.03. The lowest BCUT2D eigenvalue weighted by molar-refractivity contribution is 0.142. The van der Waals surface area contributed by atoms with Crippen LogP contribution in [0.3, 0.4) is 0 Å². The highest BCUT2D eigenvalue weighted by atomic mass is 31.2. The van der Waals surface area contributed by atoms with Crippen molar-refractivity contribution in [3.05, 3.63) is 29.8 Å². The van der Waals surface area contributed by atoms with Crippen molar-refractivity contribution < 1.29 is 37.2 Å². The Bertz CT molecular complexity index is 515. The standard InChI is InChI=1S/C10H16O8P2/c1-15-9-6-4-8(5-7-9)10(18-20(12,13)14)19(11,16-2)17-3/h4-7,10H,1-3H3,(H2,12,13,14). The molecule has 0 spiro atoms. The Morgan fingerprint density at radius 3 is 1.85 bits per heavy atom. The molecule has 1 aromatic rings. The van der Waals surface area contributed by atoms with Crippen molar-refractivity contribution in [2.75, 3.05) is 21.3 Å². The maximum absolute atomic E-state index is 12.3. The Morgan fingerprint density at radius 1 is 1.00 bits per heavy atom. The Labute approximate surface area is 116 Å². The minimum atomic E-state index is -4.89. The van der Waals surface area contributed by atoms with Crippen LogP contribution in [0.5, 0.6) is 5.75 Å².